The van der Waals surface area contributed by atoms with Gasteiger partial charge in [0.15, 0.2) is 0 Å². The number of ether oxygens (including phenoxy) is 2. The number of rotatable bonds is 48. The van der Waals surface area contributed by atoms with Crippen molar-refractivity contribution in [2.75, 3.05) is 54.1 Å². The average Bonchev–Trinajstić information content (AvgIpc) is 3.25. The van der Waals surface area contributed by atoms with Crippen LogP contribution in [0, 0.1) is 0 Å². The Morgan fingerprint density at radius 1 is 0.500 bits per heavy atom. The highest BCUT2D eigenvalue weighted by Gasteiger charge is 2.26. The summed E-state index contributed by atoms with van der Waals surface area (Å²) in [5, 5.41) is 0. The fourth-order valence-corrected chi connectivity index (χ4v) is 7.77. The maximum Gasteiger partial charge on any atom is 0.472 e. The standard InChI is InChI=1S/C55H100NO7P/c1-6-8-10-12-14-16-18-20-22-24-25-26-27-28-29-30-31-32-34-36-38-40-42-44-46-48-55(57)63-54(53-62-64(58,59)61-51-49-56(3,4)5)52-60-50-47-45-43-41-39-37-35-33-23-21-19-17-15-13-11-9-7-2/h8,10,14,16,20,22,25-26,28-29,31-32,54H,6-7,9,11-13,15,17-19,21,23-24,27,30,33-53H2,1-5H3/p+1/b10-8-,16-14-,22-20-,26-25-,29-28-,32-31-. The van der Waals surface area contributed by atoms with E-state index in [1.54, 1.807) is 0 Å². The zero-order valence-corrected chi connectivity index (χ0v) is 43.1. The molecule has 0 saturated carbocycles. The summed E-state index contributed by atoms with van der Waals surface area (Å²) >= 11 is 0. The Morgan fingerprint density at radius 2 is 0.906 bits per heavy atom. The Labute approximate surface area is 395 Å². The lowest BCUT2D eigenvalue weighted by Crippen LogP contribution is -2.37. The van der Waals surface area contributed by atoms with Crippen LogP contribution in [0.3, 0.4) is 0 Å². The van der Waals surface area contributed by atoms with Crippen LogP contribution in [0.4, 0.5) is 0 Å². The number of quaternary nitrogens is 1. The van der Waals surface area contributed by atoms with Gasteiger partial charge in [-0.2, -0.15) is 0 Å². The van der Waals surface area contributed by atoms with Gasteiger partial charge in [-0.25, -0.2) is 4.57 Å². The molecule has 64 heavy (non-hydrogen) atoms. The first-order valence-electron chi connectivity index (χ1n) is 26.2. The molecule has 0 spiro atoms. The van der Waals surface area contributed by atoms with E-state index in [1.807, 2.05) is 21.1 Å². The zero-order valence-electron chi connectivity index (χ0n) is 42.3. The van der Waals surface area contributed by atoms with Crippen LogP contribution in [0.5, 0.6) is 0 Å². The van der Waals surface area contributed by atoms with Crippen LogP contribution in [0.2, 0.25) is 0 Å². The van der Waals surface area contributed by atoms with Crippen molar-refractivity contribution < 1.29 is 37.3 Å². The molecule has 0 aromatic rings. The second-order valence-corrected chi connectivity index (χ2v) is 20.0. The smallest absolute Gasteiger partial charge is 0.457 e. The number of phosphoric acid groups is 1. The minimum atomic E-state index is -4.29. The van der Waals surface area contributed by atoms with E-state index in [4.69, 9.17) is 18.5 Å². The molecule has 8 nitrogen and oxygen atoms in total. The van der Waals surface area contributed by atoms with Crippen LogP contribution in [0.15, 0.2) is 72.9 Å². The fourth-order valence-electron chi connectivity index (χ4n) is 7.03. The van der Waals surface area contributed by atoms with E-state index in [-0.39, 0.29) is 25.8 Å². The van der Waals surface area contributed by atoms with E-state index < -0.39 is 13.9 Å². The first kappa shape index (κ1) is 61.9. The molecule has 0 radical (unpaired) electrons. The summed E-state index contributed by atoms with van der Waals surface area (Å²) in [5.41, 5.74) is 0. The number of esters is 1. The maximum atomic E-state index is 12.8. The van der Waals surface area contributed by atoms with Gasteiger partial charge in [0.05, 0.1) is 34.4 Å². The topological polar surface area (TPSA) is 91.3 Å². The van der Waals surface area contributed by atoms with Gasteiger partial charge in [-0.3, -0.25) is 13.8 Å². The Bertz CT molecular complexity index is 1250. The van der Waals surface area contributed by atoms with Gasteiger partial charge in [-0.15, -0.1) is 0 Å². The lowest BCUT2D eigenvalue weighted by molar-refractivity contribution is -0.870. The van der Waals surface area contributed by atoms with Gasteiger partial charge in [-0.1, -0.05) is 215 Å². The highest BCUT2D eigenvalue weighted by Crippen LogP contribution is 2.43. The summed E-state index contributed by atoms with van der Waals surface area (Å²) in [5.74, 6) is -0.327. The number of likely N-dealkylation sites (N-methyl/N-ethyl adjacent to an activating group) is 1. The van der Waals surface area contributed by atoms with Gasteiger partial charge >= 0.3 is 13.8 Å². The lowest BCUT2D eigenvalue weighted by Gasteiger charge is -2.24. The van der Waals surface area contributed by atoms with Gasteiger partial charge in [0.2, 0.25) is 0 Å². The number of carbonyl (C=O) groups is 1. The third kappa shape index (κ3) is 50.9. The van der Waals surface area contributed by atoms with Crippen molar-refractivity contribution in [2.24, 2.45) is 0 Å². The zero-order chi connectivity index (χ0) is 46.9. The second-order valence-electron chi connectivity index (χ2n) is 18.5. The van der Waals surface area contributed by atoms with Crippen molar-refractivity contribution in [2.45, 2.75) is 219 Å². The van der Waals surface area contributed by atoms with Crippen molar-refractivity contribution in [1.29, 1.82) is 0 Å². The largest absolute Gasteiger partial charge is 0.472 e. The summed E-state index contributed by atoms with van der Waals surface area (Å²) in [4.78, 5) is 23.0. The van der Waals surface area contributed by atoms with Gasteiger partial charge in [0, 0.05) is 13.0 Å². The molecule has 0 saturated heterocycles. The molecule has 0 aliphatic carbocycles. The van der Waals surface area contributed by atoms with E-state index in [2.05, 4.69) is 86.8 Å². The van der Waals surface area contributed by atoms with Gasteiger partial charge in [0.1, 0.15) is 19.3 Å². The van der Waals surface area contributed by atoms with Crippen LogP contribution in [-0.4, -0.2) is 75.6 Å². The van der Waals surface area contributed by atoms with E-state index in [1.165, 1.54) is 109 Å². The molecule has 9 heteroatoms. The van der Waals surface area contributed by atoms with Crippen LogP contribution >= 0.6 is 7.82 Å². The van der Waals surface area contributed by atoms with Crippen LogP contribution in [0.1, 0.15) is 213 Å². The SMILES string of the molecule is CC/C=C\C/C=C\C/C=C\C/C=C\C/C=C\C/C=C\CCCCCCCCC(=O)OC(COCCCCCCCCCCCCCCCCCCC)COP(=O)(O)OCC[N+](C)(C)C. The van der Waals surface area contributed by atoms with Crippen LogP contribution in [-0.2, 0) is 27.9 Å². The van der Waals surface area contributed by atoms with Crippen molar-refractivity contribution in [3.8, 4) is 0 Å². The predicted molar refractivity (Wildman–Crippen MR) is 275 cm³/mol. The fraction of sp³-hybridized carbons (Fsp3) is 0.764. The van der Waals surface area contributed by atoms with Crippen LogP contribution in [0.25, 0.3) is 0 Å². The van der Waals surface area contributed by atoms with Crippen molar-refractivity contribution in [1.82, 2.24) is 0 Å². The first-order valence-corrected chi connectivity index (χ1v) is 27.7. The average molecular weight is 919 g/mol. The Hall–Kier alpha value is -2.06. The van der Waals surface area contributed by atoms with E-state index in [9.17, 15) is 14.3 Å². The summed E-state index contributed by atoms with van der Waals surface area (Å²) in [6.45, 7) is 5.51. The molecule has 0 aromatic carbocycles. The molecule has 0 fully saturated rings. The van der Waals surface area contributed by atoms with Gasteiger partial charge in [-0.05, 0) is 64.2 Å². The van der Waals surface area contributed by atoms with E-state index in [0.29, 0.717) is 24.1 Å². The number of carbonyl (C=O) groups excluding carboxylic acids is 1. The molecule has 372 valence electrons. The summed E-state index contributed by atoms with van der Waals surface area (Å²) in [6.07, 6.45) is 62.3. The number of nitrogens with zero attached hydrogens (tertiary/aromatic N) is 1. The number of hydrogen-bond donors (Lipinski definition) is 1. The monoisotopic (exact) mass is 919 g/mol. The molecule has 2 atom stereocenters. The molecule has 0 aliphatic heterocycles. The summed E-state index contributed by atoms with van der Waals surface area (Å²) in [7, 11) is 1.65. The Balaban J connectivity index is 4.18. The second kappa shape index (κ2) is 47.4. The van der Waals surface area contributed by atoms with E-state index in [0.717, 1.165) is 83.5 Å². The molecule has 1 N–H and O–H groups in total. The van der Waals surface area contributed by atoms with Crippen molar-refractivity contribution in [3.05, 3.63) is 72.9 Å². The molecule has 0 aliphatic rings. The molecule has 0 bridgehead atoms. The molecule has 0 aromatic heterocycles. The third-order valence-corrected chi connectivity index (χ3v) is 12.0. The highest BCUT2D eigenvalue weighted by atomic mass is 31.2. The normalized spacial score (nSPS) is 14.2. The summed E-state index contributed by atoms with van der Waals surface area (Å²) < 4.78 is 35.2. The minimum absolute atomic E-state index is 0.0834. The quantitative estimate of drug-likeness (QED) is 0.0214. The van der Waals surface area contributed by atoms with Crippen molar-refractivity contribution in [3.63, 3.8) is 0 Å². The highest BCUT2D eigenvalue weighted by molar-refractivity contribution is 7.47. The predicted octanol–water partition coefficient (Wildman–Crippen LogP) is 16.2. The molecule has 0 rings (SSSR count). The van der Waals surface area contributed by atoms with E-state index >= 15 is 0 Å². The molecular formula is C55H101NO7P+. The van der Waals surface area contributed by atoms with Crippen LogP contribution < -0.4 is 0 Å². The molecule has 0 heterocycles. The van der Waals surface area contributed by atoms with Gasteiger partial charge in [0.25, 0.3) is 0 Å². The lowest BCUT2D eigenvalue weighted by atomic mass is 10.0. The first-order chi connectivity index (χ1) is 31.1. The molecule has 0 amide bonds. The molecule has 2 unspecified atom stereocenters. The number of unbranched alkanes of at least 4 members (excludes halogenated alkanes) is 22. The number of hydrogen-bond acceptors (Lipinski definition) is 6. The minimum Gasteiger partial charge on any atom is -0.457 e. The Kier molecular flexibility index (Phi) is 45.9. The van der Waals surface area contributed by atoms with Crippen molar-refractivity contribution >= 4 is 13.8 Å². The maximum absolute atomic E-state index is 12.8. The third-order valence-electron chi connectivity index (χ3n) is 11.0. The Morgan fingerprint density at radius 3 is 1.36 bits per heavy atom. The molecular weight excluding hydrogens is 818 g/mol. The summed E-state index contributed by atoms with van der Waals surface area (Å²) in [6, 6.07) is 0. The number of phosphoric ester groups is 1. The van der Waals surface area contributed by atoms with Gasteiger partial charge < -0.3 is 18.9 Å². The number of allylic oxidation sites excluding steroid dienone is 12.